The lowest BCUT2D eigenvalue weighted by Crippen LogP contribution is -2.19. The Labute approximate surface area is 135 Å². The van der Waals surface area contributed by atoms with Gasteiger partial charge in [0.15, 0.2) is 0 Å². The highest BCUT2D eigenvalue weighted by Crippen LogP contribution is 2.12. The Balaban J connectivity index is 1.84. The van der Waals surface area contributed by atoms with Gasteiger partial charge in [0.2, 0.25) is 0 Å². The van der Waals surface area contributed by atoms with Gasteiger partial charge in [-0.3, -0.25) is 9.78 Å². The number of likely N-dealkylation sites (N-methyl/N-ethyl adjacent to an activating group) is 1. The SMILES string of the molecule is CN(C)CCOc1ccc(C(=O)N/N=C/c2ccccn2)cc1. The van der Waals surface area contributed by atoms with Gasteiger partial charge in [-0.25, -0.2) is 5.43 Å². The first-order valence-electron chi connectivity index (χ1n) is 7.27. The number of hydrogen-bond donors (Lipinski definition) is 1. The normalized spacial score (nSPS) is 10.9. The first-order chi connectivity index (χ1) is 11.1. The number of nitrogens with one attached hydrogen (secondary N) is 1. The highest BCUT2D eigenvalue weighted by molar-refractivity contribution is 5.94. The van der Waals surface area contributed by atoms with Crippen LogP contribution in [0.5, 0.6) is 5.75 Å². The second-order valence-electron chi connectivity index (χ2n) is 5.13. The first-order valence-corrected chi connectivity index (χ1v) is 7.27. The minimum atomic E-state index is -0.281. The van der Waals surface area contributed by atoms with Crippen molar-refractivity contribution in [2.24, 2.45) is 5.10 Å². The van der Waals surface area contributed by atoms with Crippen molar-refractivity contribution >= 4 is 12.1 Å². The third kappa shape index (κ3) is 5.88. The Morgan fingerprint density at radius 3 is 2.70 bits per heavy atom. The molecule has 1 heterocycles. The van der Waals surface area contributed by atoms with Crippen LogP contribution in [-0.4, -0.2) is 49.3 Å². The lowest BCUT2D eigenvalue weighted by Gasteiger charge is -2.11. The van der Waals surface area contributed by atoms with Crippen LogP contribution in [0.4, 0.5) is 0 Å². The highest BCUT2D eigenvalue weighted by Gasteiger charge is 2.04. The maximum Gasteiger partial charge on any atom is 0.271 e. The molecule has 1 amide bonds. The lowest BCUT2D eigenvalue weighted by atomic mass is 10.2. The summed E-state index contributed by atoms with van der Waals surface area (Å²) < 4.78 is 5.58. The molecule has 0 saturated carbocycles. The zero-order valence-electron chi connectivity index (χ0n) is 13.3. The molecule has 1 aromatic carbocycles. The molecule has 2 aromatic rings. The molecule has 6 heteroatoms. The van der Waals surface area contributed by atoms with Crippen molar-refractivity contribution in [3.05, 3.63) is 59.9 Å². The van der Waals surface area contributed by atoms with Crippen LogP contribution in [0.2, 0.25) is 0 Å². The average molecular weight is 312 g/mol. The second-order valence-corrected chi connectivity index (χ2v) is 5.13. The van der Waals surface area contributed by atoms with Crippen molar-refractivity contribution in [2.75, 3.05) is 27.2 Å². The van der Waals surface area contributed by atoms with Crippen molar-refractivity contribution in [1.29, 1.82) is 0 Å². The summed E-state index contributed by atoms with van der Waals surface area (Å²) in [7, 11) is 3.98. The van der Waals surface area contributed by atoms with Crippen LogP contribution in [-0.2, 0) is 0 Å². The van der Waals surface area contributed by atoms with Gasteiger partial charge >= 0.3 is 0 Å². The molecular weight excluding hydrogens is 292 g/mol. The van der Waals surface area contributed by atoms with Crippen LogP contribution in [0.15, 0.2) is 53.8 Å². The van der Waals surface area contributed by atoms with E-state index in [0.29, 0.717) is 17.9 Å². The Morgan fingerprint density at radius 1 is 1.26 bits per heavy atom. The Kier molecular flexibility index (Phi) is 6.26. The van der Waals surface area contributed by atoms with E-state index in [9.17, 15) is 4.79 Å². The third-order valence-corrected chi connectivity index (χ3v) is 2.97. The first kappa shape index (κ1) is 16.6. The molecule has 0 unspecified atom stereocenters. The summed E-state index contributed by atoms with van der Waals surface area (Å²) >= 11 is 0. The zero-order chi connectivity index (χ0) is 16.5. The molecule has 23 heavy (non-hydrogen) atoms. The number of carbonyl (C=O) groups is 1. The van der Waals surface area contributed by atoms with Gasteiger partial charge in [0.05, 0.1) is 11.9 Å². The standard InChI is InChI=1S/C17H20N4O2/c1-21(2)11-12-23-16-8-6-14(7-9-16)17(22)20-19-13-15-5-3-4-10-18-15/h3-10,13H,11-12H2,1-2H3,(H,20,22)/b19-13+. The molecule has 0 fully saturated rings. The van der Waals surface area contributed by atoms with Crippen molar-refractivity contribution in [3.63, 3.8) is 0 Å². The number of hydrazone groups is 1. The van der Waals surface area contributed by atoms with Gasteiger partial charge < -0.3 is 9.64 Å². The van der Waals surface area contributed by atoms with Crippen LogP contribution in [0.1, 0.15) is 16.1 Å². The number of pyridine rings is 1. The zero-order valence-corrected chi connectivity index (χ0v) is 13.3. The maximum atomic E-state index is 12.0. The molecule has 0 radical (unpaired) electrons. The molecular formula is C17H20N4O2. The predicted octanol–water partition coefficient (Wildman–Crippen LogP) is 1.79. The summed E-state index contributed by atoms with van der Waals surface area (Å²) in [5, 5.41) is 3.89. The van der Waals surface area contributed by atoms with E-state index in [4.69, 9.17) is 4.74 Å². The van der Waals surface area contributed by atoms with E-state index in [1.807, 2.05) is 31.1 Å². The predicted molar refractivity (Wildman–Crippen MR) is 89.8 cm³/mol. The minimum Gasteiger partial charge on any atom is -0.492 e. The monoisotopic (exact) mass is 312 g/mol. The van der Waals surface area contributed by atoms with Gasteiger partial charge in [-0.05, 0) is 50.5 Å². The van der Waals surface area contributed by atoms with Gasteiger partial charge in [0, 0.05) is 18.3 Å². The minimum absolute atomic E-state index is 0.281. The number of aromatic nitrogens is 1. The molecule has 0 saturated heterocycles. The fourth-order valence-corrected chi connectivity index (χ4v) is 1.72. The summed E-state index contributed by atoms with van der Waals surface area (Å²) in [6.45, 7) is 1.44. The van der Waals surface area contributed by atoms with E-state index in [-0.39, 0.29) is 5.91 Å². The van der Waals surface area contributed by atoms with Gasteiger partial charge in [-0.2, -0.15) is 5.10 Å². The van der Waals surface area contributed by atoms with Crippen LogP contribution in [0.25, 0.3) is 0 Å². The highest BCUT2D eigenvalue weighted by atomic mass is 16.5. The van der Waals surface area contributed by atoms with E-state index < -0.39 is 0 Å². The van der Waals surface area contributed by atoms with Crippen molar-refractivity contribution in [2.45, 2.75) is 0 Å². The number of nitrogens with zero attached hydrogens (tertiary/aromatic N) is 3. The number of carbonyl (C=O) groups excluding carboxylic acids is 1. The van der Waals surface area contributed by atoms with Crippen molar-refractivity contribution < 1.29 is 9.53 Å². The number of rotatable bonds is 7. The maximum absolute atomic E-state index is 12.0. The number of hydrogen-bond acceptors (Lipinski definition) is 5. The van der Waals surface area contributed by atoms with Crippen LogP contribution in [0.3, 0.4) is 0 Å². The quantitative estimate of drug-likeness (QED) is 0.625. The average Bonchev–Trinajstić information content (AvgIpc) is 2.56. The fourth-order valence-electron chi connectivity index (χ4n) is 1.72. The van der Waals surface area contributed by atoms with Crippen molar-refractivity contribution in [3.8, 4) is 5.75 Å². The van der Waals surface area contributed by atoms with Gasteiger partial charge in [0.1, 0.15) is 12.4 Å². The van der Waals surface area contributed by atoms with E-state index in [0.717, 1.165) is 12.3 Å². The topological polar surface area (TPSA) is 66.8 Å². The third-order valence-electron chi connectivity index (χ3n) is 2.97. The number of benzene rings is 1. The summed E-state index contributed by atoms with van der Waals surface area (Å²) in [4.78, 5) is 18.1. The largest absolute Gasteiger partial charge is 0.492 e. The summed E-state index contributed by atoms with van der Waals surface area (Å²) in [6.07, 6.45) is 3.16. The van der Waals surface area contributed by atoms with Gasteiger partial charge in [-0.1, -0.05) is 6.07 Å². The van der Waals surface area contributed by atoms with Gasteiger partial charge in [-0.15, -0.1) is 0 Å². The number of ether oxygens (including phenoxy) is 1. The van der Waals surface area contributed by atoms with Gasteiger partial charge in [0.25, 0.3) is 5.91 Å². The molecule has 0 aliphatic rings. The van der Waals surface area contributed by atoms with Crippen LogP contribution < -0.4 is 10.2 Å². The molecule has 2 rings (SSSR count). The molecule has 120 valence electrons. The van der Waals surface area contributed by atoms with E-state index in [1.54, 1.807) is 36.5 Å². The molecule has 0 aliphatic heterocycles. The van der Waals surface area contributed by atoms with Crippen molar-refractivity contribution in [1.82, 2.24) is 15.3 Å². The van der Waals surface area contributed by atoms with E-state index in [1.165, 1.54) is 6.21 Å². The molecule has 0 aliphatic carbocycles. The molecule has 1 aromatic heterocycles. The summed E-state index contributed by atoms with van der Waals surface area (Å²) in [5.74, 6) is 0.456. The summed E-state index contributed by atoms with van der Waals surface area (Å²) in [6, 6.07) is 12.4. The smallest absolute Gasteiger partial charge is 0.271 e. The van der Waals surface area contributed by atoms with Crippen LogP contribution >= 0.6 is 0 Å². The van der Waals surface area contributed by atoms with Crippen LogP contribution in [0, 0.1) is 0 Å². The number of amides is 1. The fraction of sp³-hybridized carbons (Fsp3) is 0.235. The van der Waals surface area contributed by atoms with E-state index in [2.05, 4.69) is 15.5 Å². The Bertz CT molecular complexity index is 639. The molecule has 0 spiro atoms. The van der Waals surface area contributed by atoms with E-state index >= 15 is 0 Å². The Hall–Kier alpha value is -2.73. The molecule has 0 atom stereocenters. The second kappa shape index (κ2) is 8.65. The Morgan fingerprint density at radius 2 is 2.04 bits per heavy atom. The summed E-state index contributed by atoms with van der Waals surface area (Å²) in [5.41, 5.74) is 3.66. The lowest BCUT2D eigenvalue weighted by molar-refractivity contribution is 0.0955. The molecule has 1 N–H and O–H groups in total. The molecule has 6 nitrogen and oxygen atoms in total. The molecule has 0 bridgehead atoms.